The molecule has 2 rings (SSSR count). The van der Waals surface area contributed by atoms with E-state index >= 15 is 0 Å². The van der Waals surface area contributed by atoms with Crippen LogP contribution in [0.1, 0.15) is 11.3 Å². The summed E-state index contributed by atoms with van der Waals surface area (Å²) in [6, 6.07) is 15.4. The molecule has 1 aromatic carbocycles. The molecule has 0 fully saturated rings. The number of pyridine rings is 1. The van der Waals surface area contributed by atoms with Gasteiger partial charge >= 0.3 is 0 Å². The minimum absolute atomic E-state index is 0.525. The minimum Gasteiger partial charge on any atom is -0.496 e. The van der Waals surface area contributed by atoms with E-state index in [-0.39, 0.29) is 0 Å². The lowest BCUT2D eigenvalue weighted by Crippen LogP contribution is -1.86. The van der Waals surface area contributed by atoms with Gasteiger partial charge in [0.15, 0.2) is 0 Å². The van der Waals surface area contributed by atoms with Crippen LogP contribution in [-0.4, -0.2) is 12.1 Å². The maximum absolute atomic E-state index is 9.16. The topological polar surface area (TPSA) is 45.9 Å². The fourth-order valence-corrected chi connectivity index (χ4v) is 1.75. The van der Waals surface area contributed by atoms with Crippen LogP contribution in [0.15, 0.2) is 60.8 Å². The van der Waals surface area contributed by atoms with Gasteiger partial charge in [-0.2, -0.15) is 5.26 Å². The molecule has 0 aliphatic rings. The van der Waals surface area contributed by atoms with Gasteiger partial charge in [-0.15, -0.1) is 0 Å². The maximum atomic E-state index is 9.16. The highest BCUT2D eigenvalue weighted by Crippen LogP contribution is 2.19. The molecule has 0 unspecified atom stereocenters. The number of nitrogens with zero attached hydrogens (tertiary/aromatic N) is 2. The van der Waals surface area contributed by atoms with Crippen LogP contribution < -0.4 is 4.74 Å². The number of benzene rings is 1. The summed E-state index contributed by atoms with van der Waals surface area (Å²) >= 11 is 0. The lowest BCUT2D eigenvalue weighted by Gasteiger charge is -2.02. The summed E-state index contributed by atoms with van der Waals surface area (Å²) in [6.07, 6.45) is 7.14. The SMILES string of the molecule is COc1ccccc1/C=C/C=C(\C#N)c1ccccn1. The van der Waals surface area contributed by atoms with E-state index in [0.29, 0.717) is 11.3 Å². The van der Waals surface area contributed by atoms with Crippen LogP contribution in [0.3, 0.4) is 0 Å². The zero-order valence-electron chi connectivity index (χ0n) is 11.2. The Labute approximate surface area is 118 Å². The second-order valence-corrected chi connectivity index (χ2v) is 4.01. The first-order valence-corrected chi connectivity index (χ1v) is 6.18. The molecular formula is C17H14N2O. The highest BCUT2D eigenvalue weighted by atomic mass is 16.5. The van der Waals surface area contributed by atoms with Crippen molar-refractivity contribution in [3.05, 3.63) is 72.1 Å². The van der Waals surface area contributed by atoms with E-state index < -0.39 is 0 Å². The maximum Gasteiger partial charge on any atom is 0.126 e. The standard InChI is InChI=1S/C17H14N2O/c1-20-17-11-3-2-7-14(17)8-6-9-15(13-18)16-10-4-5-12-19-16/h2-12H,1H3/b8-6+,15-9+. The quantitative estimate of drug-likeness (QED) is 0.623. The number of rotatable bonds is 4. The van der Waals surface area contributed by atoms with Gasteiger partial charge in [-0.05, 0) is 24.3 Å². The molecule has 20 heavy (non-hydrogen) atoms. The molecule has 1 aromatic heterocycles. The van der Waals surface area contributed by atoms with Crippen molar-refractivity contribution in [1.29, 1.82) is 5.26 Å². The molecule has 0 atom stereocenters. The molecule has 0 saturated carbocycles. The molecular weight excluding hydrogens is 248 g/mol. The van der Waals surface area contributed by atoms with Crippen molar-refractivity contribution < 1.29 is 4.74 Å². The summed E-state index contributed by atoms with van der Waals surface area (Å²) in [4.78, 5) is 4.16. The number of hydrogen-bond donors (Lipinski definition) is 0. The van der Waals surface area contributed by atoms with Gasteiger partial charge in [0.25, 0.3) is 0 Å². The van der Waals surface area contributed by atoms with Gasteiger partial charge in [0.05, 0.1) is 18.4 Å². The molecule has 0 spiro atoms. The molecule has 3 heteroatoms. The second kappa shape index (κ2) is 6.91. The number of hydrogen-bond acceptors (Lipinski definition) is 3. The van der Waals surface area contributed by atoms with E-state index in [2.05, 4.69) is 11.1 Å². The van der Waals surface area contributed by atoms with Crippen molar-refractivity contribution in [2.75, 3.05) is 7.11 Å². The molecule has 3 nitrogen and oxygen atoms in total. The van der Waals surface area contributed by atoms with Crippen molar-refractivity contribution in [3.63, 3.8) is 0 Å². The van der Waals surface area contributed by atoms with Crippen molar-refractivity contribution in [3.8, 4) is 11.8 Å². The van der Waals surface area contributed by atoms with Crippen LogP contribution in [-0.2, 0) is 0 Å². The fraction of sp³-hybridized carbons (Fsp3) is 0.0588. The number of ether oxygens (including phenoxy) is 1. The first-order valence-electron chi connectivity index (χ1n) is 6.18. The molecule has 0 saturated heterocycles. The fourth-order valence-electron chi connectivity index (χ4n) is 1.75. The van der Waals surface area contributed by atoms with E-state index in [4.69, 9.17) is 10.00 Å². The van der Waals surface area contributed by atoms with E-state index in [1.807, 2.05) is 54.6 Å². The molecule has 0 aliphatic heterocycles. The zero-order chi connectivity index (χ0) is 14.2. The Morgan fingerprint density at radius 2 is 2.00 bits per heavy atom. The van der Waals surface area contributed by atoms with Crippen LogP contribution in [0.4, 0.5) is 0 Å². The Morgan fingerprint density at radius 1 is 1.20 bits per heavy atom. The first kappa shape index (κ1) is 13.6. The third-order valence-electron chi connectivity index (χ3n) is 2.74. The molecule has 2 aromatic rings. The average Bonchev–Trinajstić information content (AvgIpc) is 2.53. The molecule has 0 N–H and O–H groups in total. The van der Waals surface area contributed by atoms with Crippen LogP contribution >= 0.6 is 0 Å². The monoisotopic (exact) mass is 262 g/mol. The van der Waals surface area contributed by atoms with Crippen LogP contribution in [0.2, 0.25) is 0 Å². The molecule has 0 radical (unpaired) electrons. The zero-order valence-corrected chi connectivity index (χ0v) is 11.2. The Kier molecular flexibility index (Phi) is 4.69. The summed E-state index contributed by atoms with van der Waals surface area (Å²) in [7, 11) is 1.64. The third-order valence-corrected chi connectivity index (χ3v) is 2.74. The predicted molar refractivity (Wildman–Crippen MR) is 79.9 cm³/mol. The smallest absolute Gasteiger partial charge is 0.126 e. The predicted octanol–water partition coefficient (Wildman–Crippen LogP) is 3.71. The van der Waals surface area contributed by atoms with Crippen LogP contribution in [0, 0.1) is 11.3 Å². The van der Waals surface area contributed by atoms with Gasteiger partial charge in [0, 0.05) is 11.8 Å². The van der Waals surface area contributed by atoms with Crippen molar-refractivity contribution >= 4 is 11.6 Å². The van der Waals surface area contributed by atoms with Crippen LogP contribution in [0.5, 0.6) is 5.75 Å². The molecule has 0 bridgehead atoms. The summed E-state index contributed by atoms with van der Waals surface area (Å²) in [6.45, 7) is 0. The number of nitriles is 1. The lowest BCUT2D eigenvalue weighted by atomic mass is 10.1. The Morgan fingerprint density at radius 3 is 2.70 bits per heavy atom. The van der Waals surface area contributed by atoms with E-state index in [1.54, 1.807) is 19.4 Å². The van der Waals surface area contributed by atoms with E-state index in [1.165, 1.54) is 0 Å². The molecule has 0 aliphatic carbocycles. The highest BCUT2D eigenvalue weighted by molar-refractivity contribution is 5.76. The van der Waals surface area contributed by atoms with Gasteiger partial charge in [-0.25, -0.2) is 0 Å². The number of para-hydroxylation sites is 1. The summed E-state index contributed by atoms with van der Waals surface area (Å²) < 4.78 is 5.26. The van der Waals surface area contributed by atoms with Crippen molar-refractivity contribution in [1.82, 2.24) is 4.98 Å². The minimum atomic E-state index is 0.525. The lowest BCUT2D eigenvalue weighted by molar-refractivity contribution is 0.414. The molecule has 1 heterocycles. The Balaban J connectivity index is 2.23. The van der Waals surface area contributed by atoms with Gasteiger partial charge in [-0.3, -0.25) is 4.98 Å². The summed E-state index contributed by atoms with van der Waals surface area (Å²) in [5, 5.41) is 9.16. The number of allylic oxidation sites excluding steroid dienone is 3. The highest BCUT2D eigenvalue weighted by Gasteiger charge is 1.99. The van der Waals surface area contributed by atoms with E-state index in [9.17, 15) is 0 Å². The van der Waals surface area contributed by atoms with Crippen molar-refractivity contribution in [2.45, 2.75) is 0 Å². The van der Waals surface area contributed by atoms with Gasteiger partial charge in [-0.1, -0.05) is 36.4 Å². The number of methoxy groups -OCH3 is 1. The molecule has 0 amide bonds. The second-order valence-electron chi connectivity index (χ2n) is 4.01. The Bertz CT molecular complexity index is 667. The van der Waals surface area contributed by atoms with E-state index in [0.717, 1.165) is 11.3 Å². The summed E-state index contributed by atoms with van der Waals surface area (Å²) in [5.74, 6) is 0.800. The Hall–Kier alpha value is -2.86. The van der Waals surface area contributed by atoms with Gasteiger partial charge in [0.2, 0.25) is 0 Å². The number of aromatic nitrogens is 1. The van der Waals surface area contributed by atoms with Crippen molar-refractivity contribution in [2.24, 2.45) is 0 Å². The van der Waals surface area contributed by atoms with Gasteiger partial charge in [0.1, 0.15) is 11.8 Å². The normalized spacial score (nSPS) is 11.3. The first-order chi connectivity index (χ1) is 9.85. The molecule has 98 valence electrons. The van der Waals surface area contributed by atoms with Crippen LogP contribution in [0.25, 0.3) is 11.6 Å². The van der Waals surface area contributed by atoms with Gasteiger partial charge < -0.3 is 4.74 Å². The largest absolute Gasteiger partial charge is 0.496 e. The average molecular weight is 262 g/mol. The summed E-state index contributed by atoms with van der Waals surface area (Å²) in [5.41, 5.74) is 2.15. The third kappa shape index (κ3) is 3.33.